The van der Waals surface area contributed by atoms with Gasteiger partial charge < -0.3 is 4.42 Å². The first-order valence-electron chi connectivity index (χ1n) is 1.56. The Labute approximate surface area is 53.0 Å². The van der Waals surface area contributed by atoms with E-state index in [1.54, 1.807) is 6.92 Å². The van der Waals surface area contributed by atoms with Crippen molar-refractivity contribution in [2.24, 2.45) is 0 Å². The van der Waals surface area contributed by atoms with Crippen LogP contribution < -0.4 is 0 Å². The van der Waals surface area contributed by atoms with Crippen LogP contribution >= 0.6 is 0 Å². The number of aromatic nitrogens is 2. The molecule has 4 heteroatoms. The van der Waals surface area contributed by atoms with Gasteiger partial charge in [-0.05, 0) is 0 Å². The molecule has 0 aliphatic heterocycles. The van der Waals surface area contributed by atoms with E-state index in [0.717, 1.165) is 0 Å². The van der Waals surface area contributed by atoms with E-state index in [-0.39, 0.29) is 18.6 Å². The van der Waals surface area contributed by atoms with Crippen LogP contribution in [0.25, 0.3) is 0 Å². The Morgan fingerprint density at radius 3 is 2.57 bits per heavy atom. The minimum absolute atomic E-state index is 0. The molecule has 0 aromatic carbocycles. The van der Waals surface area contributed by atoms with E-state index < -0.39 is 0 Å². The quantitative estimate of drug-likeness (QED) is 0.475. The largest absolute Gasteiger partial charge is 0.613 e. The summed E-state index contributed by atoms with van der Waals surface area (Å²) in [7, 11) is 0. The molecule has 0 aliphatic carbocycles. The normalized spacial score (nSPS) is 7.57. The van der Waals surface area contributed by atoms with Crippen LogP contribution in [-0.4, -0.2) is 10.2 Å². The van der Waals surface area contributed by atoms with Crippen LogP contribution in [0.15, 0.2) is 4.42 Å². The molecule has 37 valence electrons. The molecule has 3 nitrogen and oxygen atoms in total. The summed E-state index contributed by atoms with van der Waals surface area (Å²) in [4.78, 5) is 0. The Bertz CT molecular complexity index is 116. The van der Waals surface area contributed by atoms with Gasteiger partial charge in [-0.1, -0.05) is 6.92 Å². The zero-order chi connectivity index (χ0) is 4.41. The summed E-state index contributed by atoms with van der Waals surface area (Å²) in [5, 5.41) is 6.72. The van der Waals surface area contributed by atoms with Gasteiger partial charge in [0.15, 0.2) is 0 Å². The molecule has 1 heterocycles. The number of nitrogens with zero attached hydrogens (tertiary/aromatic N) is 2. The van der Waals surface area contributed by atoms with E-state index in [1.807, 2.05) is 0 Å². The number of rotatable bonds is 0. The third-order valence-corrected chi connectivity index (χ3v) is 0.425. The Hall–Kier alpha value is -0.276. The van der Waals surface area contributed by atoms with Crippen molar-refractivity contribution in [2.45, 2.75) is 6.92 Å². The van der Waals surface area contributed by atoms with Crippen molar-refractivity contribution >= 4 is 0 Å². The van der Waals surface area contributed by atoms with Gasteiger partial charge in [0.25, 0.3) is 0 Å². The van der Waals surface area contributed by atoms with Crippen LogP contribution in [0.4, 0.5) is 0 Å². The predicted molar refractivity (Wildman–Crippen MR) is 17.9 cm³/mol. The Morgan fingerprint density at radius 2 is 2.43 bits per heavy atom. The summed E-state index contributed by atoms with van der Waals surface area (Å²) in [5.41, 5.74) is 0. The van der Waals surface area contributed by atoms with Crippen LogP contribution in [0, 0.1) is 13.3 Å². The summed E-state index contributed by atoms with van der Waals surface area (Å²) in [6.07, 6.45) is 2.19. The van der Waals surface area contributed by atoms with Crippen molar-refractivity contribution in [3.63, 3.8) is 0 Å². The third kappa shape index (κ3) is 1.76. The van der Waals surface area contributed by atoms with Crippen LogP contribution in [-0.2, 0) is 18.6 Å². The molecule has 1 aromatic rings. The Balaban J connectivity index is 0.000000360. The summed E-state index contributed by atoms with van der Waals surface area (Å²) in [5.74, 6) is 0.551. The van der Waals surface area contributed by atoms with Gasteiger partial charge in [-0.3, -0.25) is 0 Å². The maximum Gasteiger partial charge on any atom is 0.0550 e. The molecule has 0 bridgehead atoms. The van der Waals surface area contributed by atoms with Crippen LogP contribution in [0.2, 0.25) is 0 Å². The van der Waals surface area contributed by atoms with Gasteiger partial charge in [-0.25, -0.2) is 10.2 Å². The molecule has 0 aliphatic rings. The fourth-order valence-corrected chi connectivity index (χ4v) is 0.198. The number of hydrogen-bond acceptors (Lipinski definition) is 3. The van der Waals surface area contributed by atoms with Gasteiger partial charge in [0.2, 0.25) is 0 Å². The SMILES string of the molecule is Cc1nn[c-]o1.[V]. The molecule has 0 saturated heterocycles. The topological polar surface area (TPSA) is 38.9 Å². The van der Waals surface area contributed by atoms with Gasteiger partial charge in [-0.2, -0.15) is 0 Å². The second kappa shape index (κ2) is 2.83. The molecular weight excluding hydrogens is 131 g/mol. The number of aryl methyl sites for hydroxylation is 1. The van der Waals surface area contributed by atoms with E-state index in [2.05, 4.69) is 21.0 Å². The molecule has 0 N–H and O–H groups in total. The van der Waals surface area contributed by atoms with Crippen molar-refractivity contribution in [2.75, 3.05) is 0 Å². The van der Waals surface area contributed by atoms with E-state index in [0.29, 0.717) is 5.89 Å². The average Bonchev–Trinajstić information content (AvgIpc) is 1.86. The second-order valence-electron chi connectivity index (χ2n) is 0.912. The zero-order valence-electron chi connectivity index (χ0n) is 3.75. The van der Waals surface area contributed by atoms with Crippen LogP contribution in [0.3, 0.4) is 0 Å². The standard InChI is InChI=1S/C3H3N2O.V/c1-3-5-4-2-6-3;/h1H3;/q-1;. The van der Waals surface area contributed by atoms with Crippen molar-refractivity contribution in [1.29, 1.82) is 0 Å². The van der Waals surface area contributed by atoms with Crippen molar-refractivity contribution in [1.82, 2.24) is 10.2 Å². The van der Waals surface area contributed by atoms with E-state index >= 15 is 0 Å². The minimum Gasteiger partial charge on any atom is -0.613 e. The first-order valence-corrected chi connectivity index (χ1v) is 1.56. The molecule has 0 spiro atoms. The minimum atomic E-state index is 0. The van der Waals surface area contributed by atoms with Gasteiger partial charge >= 0.3 is 0 Å². The molecule has 0 amide bonds. The predicted octanol–water partition coefficient (Wildman–Crippen LogP) is 0.176. The fraction of sp³-hybridized carbons (Fsp3) is 0.333. The first-order chi connectivity index (χ1) is 2.89. The molecule has 0 fully saturated rings. The fourth-order valence-electron chi connectivity index (χ4n) is 0.198. The molecule has 1 aromatic heterocycles. The zero-order valence-corrected chi connectivity index (χ0v) is 5.15. The van der Waals surface area contributed by atoms with Crippen LogP contribution in [0.5, 0.6) is 0 Å². The van der Waals surface area contributed by atoms with E-state index in [9.17, 15) is 0 Å². The maximum absolute atomic E-state index is 4.49. The van der Waals surface area contributed by atoms with Crippen molar-refractivity contribution in [3.8, 4) is 0 Å². The van der Waals surface area contributed by atoms with E-state index in [1.165, 1.54) is 0 Å². The van der Waals surface area contributed by atoms with Gasteiger partial charge in [0, 0.05) is 18.6 Å². The Morgan fingerprint density at radius 1 is 1.71 bits per heavy atom. The van der Waals surface area contributed by atoms with Crippen LogP contribution in [0.1, 0.15) is 5.89 Å². The molecule has 1 rings (SSSR count). The Kier molecular flexibility index (Phi) is 2.71. The maximum atomic E-state index is 4.49. The molecule has 7 heavy (non-hydrogen) atoms. The second-order valence-corrected chi connectivity index (χ2v) is 0.912. The summed E-state index contributed by atoms with van der Waals surface area (Å²) in [6.45, 7) is 1.71. The smallest absolute Gasteiger partial charge is 0.0550 e. The summed E-state index contributed by atoms with van der Waals surface area (Å²) < 4.78 is 4.49. The molecule has 1 radical (unpaired) electrons. The van der Waals surface area contributed by atoms with Gasteiger partial charge in [0.1, 0.15) is 0 Å². The third-order valence-electron chi connectivity index (χ3n) is 0.425. The monoisotopic (exact) mass is 134 g/mol. The van der Waals surface area contributed by atoms with Gasteiger partial charge in [-0.15, -0.1) is 0 Å². The van der Waals surface area contributed by atoms with Gasteiger partial charge in [0.05, 0.1) is 12.3 Å². The summed E-state index contributed by atoms with van der Waals surface area (Å²) >= 11 is 0. The summed E-state index contributed by atoms with van der Waals surface area (Å²) in [6, 6.07) is 0. The first kappa shape index (κ1) is 6.72. The number of hydrogen-bond donors (Lipinski definition) is 0. The molecular formula is C3H3N2OV-. The van der Waals surface area contributed by atoms with Crippen molar-refractivity contribution < 1.29 is 23.0 Å². The average molecular weight is 134 g/mol. The van der Waals surface area contributed by atoms with E-state index in [4.69, 9.17) is 0 Å². The van der Waals surface area contributed by atoms with Crippen molar-refractivity contribution in [3.05, 3.63) is 12.3 Å². The molecule has 0 atom stereocenters. The molecule has 0 unspecified atom stereocenters. The molecule has 0 saturated carbocycles.